The first-order valence-electron chi connectivity index (χ1n) is 29.9. The Morgan fingerprint density at radius 3 is 1.11 bits per heavy atom. The Morgan fingerprint density at radius 1 is 0.403 bits per heavy atom. The molecular weight excluding hydrogens is 928 g/mol. The molecule has 0 aromatic carbocycles. The molecule has 3 unspecified atom stereocenters. The van der Waals surface area contributed by atoms with E-state index in [4.69, 9.17) is 23.3 Å². The molecule has 0 rings (SSSR count). The van der Waals surface area contributed by atoms with Gasteiger partial charge in [-0.1, -0.05) is 256 Å². The Morgan fingerprint density at radius 2 is 0.722 bits per heavy atom. The molecule has 422 valence electrons. The number of phosphoric ester groups is 1. The molecule has 0 aromatic heterocycles. The van der Waals surface area contributed by atoms with Gasteiger partial charge in [-0.25, -0.2) is 4.57 Å². The minimum absolute atomic E-state index is 0.152. The average molecular weight is 1040 g/mol. The van der Waals surface area contributed by atoms with E-state index in [1.165, 1.54) is 141 Å². The van der Waals surface area contributed by atoms with Crippen molar-refractivity contribution in [1.82, 2.24) is 0 Å². The molecule has 0 heterocycles. The summed E-state index contributed by atoms with van der Waals surface area (Å²) in [5, 5.41) is 9.82. The van der Waals surface area contributed by atoms with E-state index in [0.29, 0.717) is 19.3 Å². The molecule has 12 heteroatoms. The van der Waals surface area contributed by atoms with Gasteiger partial charge in [0.2, 0.25) is 0 Å². The van der Waals surface area contributed by atoms with Crippen LogP contribution in [0.5, 0.6) is 0 Å². The highest BCUT2D eigenvalue weighted by molar-refractivity contribution is 7.47. The van der Waals surface area contributed by atoms with Crippen molar-refractivity contribution in [3.63, 3.8) is 0 Å². The summed E-state index contributed by atoms with van der Waals surface area (Å²) in [6, 6.07) is 0. The summed E-state index contributed by atoms with van der Waals surface area (Å²) in [7, 11) is -4.75. The van der Waals surface area contributed by atoms with E-state index in [1.807, 2.05) is 0 Å². The van der Waals surface area contributed by atoms with Crippen LogP contribution in [0.3, 0.4) is 0 Å². The molecule has 0 aliphatic heterocycles. The zero-order valence-corrected chi connectivity index (χ0v) is 47.6. The molecule has 72 heavy (non-hydrogen) atoms. The number of aliphatic hydroxyl groups excluding tert-OH is 1. The number of ether oxygens (including phenoxy) is 3. The lowest BCUT2D eigenvalue weighted by Crippen LogP contribution is -2.30. The lowest BCUT2D eigenvalue weighted by atomic mass is 10.0. The van der Waals surface area contributed by atoms with E-state index >= 15 is 0 Å². The molecule has 0 amide bonds. The summed E-state index contributed by atoms with van der Waals surface area (Å²) in [6.45, 7) is 4.57. The number of hydrogen-bond acceptors (Lipinski definition) is 10. The summed E-state index contributed by atoms with van der Waals surface area (Å²) in [4.78, 5) is 48.6. The number of allylic oxidation sites excluding steroid dienone is 6. The van der Waals surface area contributed by atoms with Gasteiger partial charge in [0.1, 0.15) is 12.7 Å². The molecule has 2 N–H and O–H groups in total. The Kier molecular flexibility index (Phi) is 53.2. The van der Waals surface area contributed by atoms with Gasteiger partial charge in [-0.2, -0.15) is 0 Å². The highest BCUT2D eigenvalue weighted by Crippen LogP contribution is 2.43. The fraction of sp³-hybridized carbons (Fsp3) is 0.850. The lowest BCUT2D eigenvalue weighted by Gasteiger charge is -2.21. The van der Waals surface area contributed by atoms with Crippen LogP contribution in [0.25, 0.3) is 0 Å². The summed E-state index contributed by atoms with van der Waals surface area (Å²) < 4.78 is 39.6. The fourth-order valence-corrected chi connectivity index (χ4v) is 9.33. The van der Waals surface area contributed by atoms with Gasteiger partial charge in [0.05, 0.1) is 19.8 Å². The van der Waals surface area contributed by atoms with E-state index in [-0.39, 0.29) is 25.9 Å². The zero-order valence-electron chi connectivity index (χ0n) is 46.7. The van der Waals surface area contributed by atoms with E-state index in [0.717, 1.165) is 89.9 Å². The monoisotopic (exact) mass is 1040 g/mol. The first kappa shape index (κ1) is 69.7. The number of unbranched alkanes of at least 4 members (excludes halogenated alkanes) is 33. The molecule has 0 saturated carbocycles. The van der Waals surface area contributed by atoms with Gasteiger partial charge < -0.3 is 24.2 Å². The van der Waals surface area contributed by atoms with Crippen LogP contribution in [-0.4, -0.2) is 66.5 Å². The van der Waals surface area contributed by atoms with Crippen LogP contribution in [0.4, 0.5) is 0 Å². The van der Waals surface area contributed by atoms with E-state index in [1.54, 1.807) is 0 Å². The summed E-state index contributed by atoms with van der Waals surface area (Å²) in [6.07, 6.45) is 56.7. The number of esters is 3. The van der Waals surface area contributed by atoms with Gasteiger partial charge in [-0.15, -0.1) is 0 Å². The topological polar surface area (TPSA) is 155 Å². The second-order valence-electron chi connectivity index (χ2n) is 20.1. The minimum atomic E-state index is -4.75. The number of aliphatic hydroxyl groups is 1. The summed E-state index contributed by atoms with van der Waals surface area (Å²) in [5.74, 6) is -1.46. The Balaban J connectivity index is 4.69. The van der Waals surface area contributed by atoms with Crippen LogP contribution in [0.15, 0.2) is 36.5 Å². The van der Waals surface area contributed by atoms with E-state index in [2.05, 4.69) is 57.2 Å². The lowest BCUT2D eigenvalue weighted by molar-refractivity contribution is -0.161. The average Bonchev–Trinajstić information content (AvgIpc) is 3.37. The molecule has 0 aromatic rings. The number of hydrogen-bond donors (Lipinski definition) is 2. The van der Waals surface area contributed by atoms with Crippen LogP contribution in [0, 0.1) is 0 Å². The second-order valence-corrected chi connectivity index (χ2v) is 21.6. The van der Waals surface area contributed by atoms with Gasteiger partial charge in [0, 0.05) is 19.3 Å². The Labute approximate surface area is 441 Å². The van der Waals surface area contributed by atoms with Crippen molar-refractivity contribution in [2.75, 3.05) is 26.4 Å². The molecule has 0 radical (unpaired) electrons. The van der Waals surface area contributed by atoms with Crippen LogP contribution in [-0.2, 0) is 42.2 Å². The van der Waals surface area contributed by atoms with Gasteiger partial charge in [0.15, 0.2) is 6.10 Å². The van der Waals surface area contributed by atoms with Crippen molar-refractivity contribution >= 4 is 25.7 Å². The van der Waals surface area contributed by atoms with Crippen LogP contribution < -0.4 is 0 Å². The van der Waals surface area contributed by atoms with Crippen molar-refractivity contribution in [2.24, 2.45) is 0 Å². The van der Waals surface area contributed by atoms with Crippen LogP contribution in [0.2, 0.25) is 0 Å². The number of phosphoric acid groups is 1. The molecule has 0 saturated heterocycles. The van der Waals surface area contributed by atoms with Crippen molar-refractivity contribution in [1.29, 1.82) is 0 Å². The normalized spacial score (nSPS) is 13.6. The summed E-state index contributed by atoms with van der Waals surface area (Å²) >= 11 is 0. The van der Waals surface area contributed by atoms with E-state index in [9.17, 15) is 28.9 Å². The highest BCUT2D eigenvalue weighted by Gasteiger charge is 2.28. The quantitative estimate of drug-likeness (QED) is 0.0197. The SMILES string of the molecule is CC/C=C\C/C=C\C/C=C\CCCCCCCC(=O)OC(COC(=O)CCCCCCCCCCCCCCCCC)COP(=O)(O)OCC(CO)OC(=O)CCCCCCCCCCCCCCCCC. The Bertz CT molecular complexity index is 1350. The van der Waals surface area contributed by atoms with Gasteiger partial charge in [0.25, 0.3) is 0 Å². The van der Waals surface area contributed by atoms with E-state index < -0.39 is 57.8 Å². The Hall–Kier alpha value is -2.30. The third-order valence-electron chi connectivity index (χ3n) is 13.1. The maximum atomic E-state index is 12.9. The molecular formula is C60H111O11P. The van der Waals surface area contributed by atoms with Crippen LogP contribution >= 0.6 is 7.82 Å². The third-order valence-corrected chi connectivity index (χ3v) is 14.0. The number of carbonyl (C=O) groups excluding carboxylic acids is 3. The van der Waals surface area contributed by atoms with Crippen LogP contribution in [0.1, 0.15) is 290 Å². The molecule has 0 bridgehead atoms. The van der Waals surface area contributed by atoms with Crippen molar-refractivity contribution in [3.05, 3.63) is 36.5 Å². The maximum Gasteiger partial charge on any atom is 0.472 e. The van der Waals surface area contributed by atoms with Gasteiger partial charge >= 0.3 is 25.7 Å². The fourth-order valence-electron chi connectivity index (χ4n) is 8.55. The largest absolute Gasteiger partial charge is 0.472 e. The first-order chi connectivity index (χ1) is 35.2. The minimum Gasteiger partial charge on any atom is -0.462 e. The van der Waals surface area contributed by atoms with Crippen molar-refractivity contribution in [2.45, 2.75) is 303 Å². The predicted octanol–water partition coefficient (Wildman–Crippen LogP) is 17.6. The van der Waals surface area contributed by atoms with Gasteiger partial charge in [-0.3, -0.25) is 23.4 Å². The molecule has 0 spiro atoms. The van der Waals surface area contributed by atoms with Gasteiger partial charge in [-0.05, 0) is 51.4 Å². The maximum absolute atomic E-state index is 12.9. The third kappa shape index (κ3) is 52.6. The van der Waals surface area contributed by atoms with Crippen molar-refractivity contribution < 1.29 is 52.2 Å². The first-order valence-corrected chi connectivity index (χ1v) is 31.4. The molecule has 0 fully saturated rings. The predicted molar refractivity (Wildman–Crippen MR) is 298 cm³/mol. The highest BCUT2D eigenvalue weighted by atomic mass is 31.2. The smallest absolute Gasteiger partial charge is 0.462 e. The second kappa shape index (κ2) is 54.9. The zero-order chi connectivity index (χ0) is 52.7. The molecule has 0 aliphatic rings. The molecule has 3 atom stereocenters. The molecule has 11 nitrogen and oxygen atoms in total. The molecule has 0 aliphatic carbocycles. The summed E-state index contributed by atoms with van der Waals surface area (Å²) in [5.41, 5.74) is 0. The standard InChI is InChI=1S/C60H111O11P/c1-4-7-10-13-16-19-22-25-28-31-34-37-40-43-46-49-58(62)67-53-57(71-60(64)51-48-45-42-39-36-33-30-27-24-21-18-15-12-9-6-3)55-69-72(65,66)68-54-56(52-61)70-59(63)50-47-44-41-38-35-32-29-26-23-20-17-14-11-8-5-2/h9,12,18,21,27,30,56-57,61H,4-8,10-11,13-17,19-20,22-26,28-29,31-55H2,1-3H3,(H,65,66)/b12-9-,21-18-,30-27-. The van der Waals surface area contributed by atoms with Crippen molar-refractivity contribution in [3.8, 4) is 0 Å². The number of rotatable bonds is 56. The number of carbonyl (C=O) groups is 3.